The van der Waals surface area contributed by atoms with Crippen LogP contribution in [0.5, 0.6) is 0 Å². The quantitative estimate of drug-likeness (QED) is 0.690. The molecule has 5 nitrogen and oxygen atoms in total. The van der Waals surface area contributed by atoms with Crippen LogP contribution in [0, 0.1) is 6.92 Å². The van der Waals surface area contributed by atoms with Crippen LogP contribution in [0.1, 0.15) is 28.3 Å². The van der Waals surface area contributed by atoms with Crippen molar-refractivity contribution in [3.63, 3.8) is 0 Å². The number of hydrogen-bond acceptors (Lipinski definition) is 4. The molecule has 1 aromatic carbocycles. The molecule has 0 saturated heterocycles. The number of nitrogens with zero attached hydrogens (tertiary/aromatic N) is 2. The molecule has 1 atom stereocenters. The number of carbonyl (C=O) groups excluding carboxylic acids is 1. The van der Waals surface area contributed by atoms with Crippen LogP contribution >= 0.6 is 0 Å². The lowest BCUT2D eigenvalue weighted by molar-refractivity contribution is -0.123. The van der Waals surface area contributed by atoms with Gasteiger partial charge in [0.1, 0.15) is 6.04 Å². The predicted octanol–water partition coefficient (Wildman–Crippen LogP) is 2.93. The molecule has 0 aliphatic rings. The number of amides is 1. The number of carbonyl (C=O) groups is 1. The zero-order valence-corrected chi connectivity index (χ0v) is 14.7. The Balaban J connectivity index is 1.73. The molecule has 2 N–H and O–H groups in total. The second-order valence-corrected chi connectivity index (χ2v) is 6.11. The number of aromatic nitrogens is 2. The third kappa shape index (κ3) is 4.74. The van der Waals surface area contributed by atoms with E-state index < -0.39 is 6.04 Å². The largest absolute Gasteiger partial charge is 0.350 e. The Hall–Kier alpha value is -3.05. The maximum absolute atomic E-state index is 12.9. The lowest BCUT2D eigenvalue weighted by Crippen LogP contribution is -2.37. The molecule has 3 rings (SSSR count). The van der Waals surface area contributed by atoms with Gasteiger partial charge in [-0.1, -0.05) is 36.4 Å². The van der Waals surface area contributed by atoms with E-state index in [1.54, 1.807) is 24.8 Å². The first-order valence-corrected chi connectivity index (χ1v) is 8.58. The van der Waals surface area contributed by atoms with Crippen molar-refractivity contribution in [2.24, 2.45) is 0 Å². The minimum absolute atomic E-state index is 0.0629. The van der Waals surface area contributed by atoms with Gasteiger partial charge >= 0.3 is 0 Å². The highest BCUT2D eigenvalue weighted by molar-refractivity contribution is 5.83. The Morgan fingerprint density at radius 1 is 0.923 bits per heavy atom. The molecule has 5 heteroatoms. The maximum Gasteiger partial charge on any atom is 0.242 e. The average Bonchev–Trinajstić information content (AvgIpc) is 2.69. The fraction of sp³-hybridized carbons (Fsp3) is 0.190. The SMILES string of the molecule is Cc1ccccc1C(NCc1cccnc1)C(=O)NCc1cccnc1. The van der Waals surface area contributed by atoms with Crippen LogP contribution < -0.4 is 10.6 Å². The van der Waals surface area contributed by atoms with Gasteiger partial charge in [0, 0.05) is 37.9 Å². The molecule has 132 valence electrons. The Bertz CT molecular complexity index is 837. The number of pyridine rings is 2. The van der Waals surface area contributed by atoms with Gasteiger partial charge in [0.25, 0.3) is 0 Å². The van der Waals surface area contributed by atoms with Gasteiger partial charge in [-0.2, -0.15) is 0 Å². The van der Waals surface area contributed by atoms with Crippen LogP contribution in [0.15, 0.2) is 73.3 Å². The van der Waals surface area contributed by atoms with Gasteiger partial charge in [-0.15, -0.1) is 0 Å². The van der Waals surface area contributed by atoms with Gasteiger partial charge in [-0.3, -0.25) is 20.1 Å². The van der Waals surface area contributed by atoms with E-state index in [-0.39, 0.29) is 5.91 Å². The normalized spacial score (nSPS) is 11.7. The highest BCUT2D eigenvalue weighted by Gasteiger charge is 2.21. The summed E-state index contributed by atoms with van der Waals surface area (Å²) in [5.74, 6) is -0.0629. The molecule has 2 heterocycles. The number of benzene rings is 1. The highest BCUT2D eigenvalue weighted by atomic mass is 16.2. The molecule has 0 spiro atoms. The average molecular weight is 346 g/mol. The minimum atomic E-state index is -0.437. The molecule has 1 unspecified atom stereocenters. The van der Waals surface area contributed by atoms with Gasteiger partial charge < -0.3 is 5.32 Å². The lowest BCUT2D eigenvalue weighted by Gasteiger charge is -2.20. The summed E-state index contributed by atoms with van der Waals surface area (Å²) in [5, 5.41) is 6.37. The van der Waals surface area contributed by atoms with Gasteiger partial charge in [0.2, 0.25) is 5.91 Å². The molecular weight excluding hydrogens is 324 g/mol. The standard InChI is InChI=1S/C21H22N4O/c1-16-6-2-3-9-19(16)20(24-14-17-7-4-10-22-12-17)21(26)25-15-18-8-5-11-23-13-18/h2-13,20,24H,14-15H2,1H3,(H,25,26). The van der Waals surface area contributed by atoms with E-state index in [0.29, 0.717) is 13.1 Å². The van der Waals surface area contributed by atoms with Gasteiger partial charge in [-0.05, 0) is 41.3 Å². The fourth-order valence-electron chi connectivity index (χ4n) is 2.77. The Kier molecular flexibility index (Phi) is 6.06. The molecule has 0 radical (unpaired) electrons. The molecule has 2 aromatic heterocycles. The summed E-state index contributed by atoms with van der Waals surface area (Å²) in [4.78, 5) is 21.1. The van der Waals surface area contributed by atoms with E-state index in [9.17, 15) is 4.79 Å². The maximum atomic E-state index is 12.9. The zero-order chi connectivity index (χ0) is 18.2. The van der Waals surface area contributed by atoms with Crippen molar-refractivity contribution in [1.82, 2.24) is 20.6 Å². The zero-order valence-electron chi connectivity index (χ0n) is 14.7. The fourth-order valence-corrected chi connectivity index (χ4v) is 2.77. The summed E-state index contributed by atoms with van der Waals surface area (Å²) in [6.07, 6.45) is 7.02. The van der Waals surface area contributed by atoms with Crippen LogP contribution in [-0.2, 0) is 17.9 Å². The third-order valence-corrected chi connectivity index (χ3v) is 4.18. The molecule has 0 saturated carbocycles. The molecule has 0 aliphatic heterocycles. The molecule has 0 bridgehead atoms. The van der Waals surface area contributed by atoms with E-state index in [1.165, 1.54) is 0 Å². The Morgan fingerprint density at radius 2 is 1.58 bits per heavy atom. The van der Waals surface area contributed by atoms with E-state index in [4.69, 9.17) is 0 Å². The smallest absolute Gasteiger partial charge is 0.242 e. The number of rotatable bonds is 7. The number of nitrogens with one attached hydrogen (secondary N) is 2. The summed E-state index contributed by atoms with van der Waals surface area (Å²) in [6.45, 7) is 3.03. The molecule has 0 fully saturated rings. The Labute approximate surface area is 153 Å². The van der Waals surface area contributed by atoms with Crippen molar-refractivity contribution in [2.45, 2.75) is 26.1 Å². The van der Waals surface area contributed by atoms with Crippen LogP contribution in [0.3, 0.4) is 0 Å². The van der Waals surface area contributed by atoms with Crippen molar-refractivity contribution >= 4 is 5.91 Å². The first-order valence-electron chi connectivity index (χ1n) is 8.58. The second kappa shape index (κ2) is 8.87. The summed E-state index contributed by atoms with van der Waals surface area (Å²) in [5.41, 5.74) is 4.05. The minimum Gasteiger partial charge on any atom is -0.350 e. The van der Waals surface area contributed by atoms with Crippen molar-refractivity contribution in [2.75, 3.05) is 0 Å². The topological polar surface area (TPSA) is 66.9 Å². The third-order valence-electron chi connectivity index (χ3n) is 4.18. The number of hydrogen-bond donors (Lipinski definition) is 2. The van der Waals surface area contributed by atoms with Gasteiger partial charge in [0.15, 0.2) is 0 Å². The summed E-state index contributed by atoms with van der Waals surface area (Å²) in [6, 6.07) is 15.2. The lowest BCUT2D eigenvalue weighted by atomic mass is 10.00. The van der Waals surface area contributed by atoms with Gasteiger partial charge in [0.05, 0.1) is 0 Å². The van der Waals surface area contributed by atoms with E-state index >= 15 is 0 Å². The second-order valence-electron chi connectivity index (χ2n) is 6.11. The molecule has 26 heavy (non-hydrogen) atoms. The molecule has 3 aromatic rings. The first-order chi connectivity index (χ1) is 12.7. The molecular formula is C21H22N4O. The van der Waals surface area contributed by atoms with E-state index in [2.05, 4.69) is 20.6 Å². The molecule has 1 amide bonds. The van der Waals surface area contributed by atoms with Crippen LogP contribution in [0.25, 0.3) is 0 Å². The first kappa shape index (κ1) is 17.8. The van der Waals surface area contributed by atoms with Crippen LogP contribution in [-0.4, -0.2) is 15.9 Å². The molecule has 0 aliphatic carbocycles. The summed E-state index contributed by atoms with van der Waals surface area (Å²) >= 11 is 0. The van der Waals surface area contributed by atoms with Crippen molar-refractivity contribution < 1.29 is 4.79 Å². The van der Waals surface area contributed by atoms with Crippen molar-refractivity contribution in [1.29, 1.82) is 0 Å². The van der Waals surface area contributed by atoms with Crippen molar-refractivity contribution in [3.05, 3.63) is 95.6 Å². The van der Waals surface area contributed by atoms with Gasteiger partial charge in [-0.25, -0.2) is 0 Å². The van der Waals surface area contributed by atoms with Crippen molar-refractivity contribution in [3.8, 4) is 0 Å². The van der Waals surface area contributed by atoms with Crippen LogP contribution in [0.4, 0.5) is 0 Å². The number of aryl methyl sites for hydroxylation is 1. The van der Waals surface area contributed by atoms with E-state index in [0.717, 1.165) is 22.3 Å². The highest BCUT2D eigenvalue weighted by Crippen LogP contribution is 2.18. The van der Waals surface area contributed by atoms with Crippen LogP contribution in [0.2, 0.25) is 0 Å². The van der Waals surface area contributed by atoms with E-state index in [1.807, 2.05) is 55.5 Å². The summed E-state index contributed by atoms with van der Waals surface area (Å²) < 4.78 is 0. The summed E-state index contributed by atoms with van der Waals surface area (Å²) in [7, 11) is 0. The predicted molar refractivity (Wildman–Crippen MR) is 101 cm³/mol. The monoisotopic (exact) mass is 346 g/mol. The Morgan fingerprint density at radius 3 is 2.19 bits per heavy atom.